The zero-order chi connectivity index (χ0) is 13.1. The molecular weight excluding hydrogens is 242 g/mol. The number of aryl methyl sites for hydroxylation is 1. The number of hydrogen-bond donors (Lipinski definition) is 1. The van der Waals surface area contributed by atoms with Crippen molar-refractivity contribution in [3.05, 3.63) is 29.8 Å². The van der Waals surface area contributed by atoms with Gasteiger partial charge < -0.3 is 5.32 Å². The van der Waals surface area contributed by atoms with Gasteiger partial charge in [-0.15, -0.1) is 11.6 Å². The highest BCUT2D eigenvalue weighted by Crippen LogP contribution is 2.11. The molecule has 18 heavy (non-hydrogen) atoms. The van der Waals surface area contributed by atoms with Crippen molar-refractivity contribution >= 4 is 17.3 Å². The second kappa shape index (κ2) is 10.3. The van der Waals surface area contributed by atoms with Crippen LogP contribution in [-0.2, 0) is 6.42 Å². The summed E-state index contributed by atoms with van der Waals surface area (Å²) in [6.07, 6.45) is 9.06. The van der Waals surface area contributed by atoms with Crippen LogP contribution in [0.25, 0.3) is 0 Å². The lowest BCUT2D eigenvalue weighted by atomic mass is 10.1. The summed E-state index contributed by atoms with van der Waals surface area (Å²) in [5.41, 5.74) is 2.54. The predicted octanol–water partition coefficient (Wildman–Crippen LogP) is 5.24. The molecule has 102 valence electrons. The summed E-state index contributed by atoms with van der Waals surface area (Å²) in [6, 6.07) is 8.62. The van der Waals surface area contributed by atoms with Crippen molar-refractivity contribution in [2.45, 2.75) is 51.9 Å². The van der Waals surface area contributed by atoms with Crippen LogP contribution in [0.1, 0.15) is 51.0 Å². The van der Waals surface area contributed by atoms with Gasteiger partial charge in [0.2, 0.25) is 0 Å². The van der Waals surface area contributed by atoms with E-state index in [0.717, 1.165) is 13.0 Å². The molecule has 0 unspecified atom stereocenters. The number of rotatable bonds is 10. The molecule has 0 aliphatic carbocycles. The van der Waals surface area contributed by atoms with Gasteiger partial charge in [-0.1, -0.05) is 51.2 Å². The Labute approximate surface area is 117 Å². The molecule has 0 bridgehead atoms. The first kappa shape index (κ1) is 15.4. The van der Waals surface area contributed by atoms with Crippen LogP contribution in [0.3, 0.4) is 0 Å². The van der Waals surface area contributed by atoms with Crippen LogP contribution < -0.4 is 5.32 Å². The maximum Gasteiger partial charge on any atom is 0.0340 e. The molecule has 0 aliphatic rings. The Morgan fingerprint density at radius 1 is 0.944 bits per heavy atom. The Kier molecular flexibility index (Phi) is 8.75. The molecule has 1 aromatic rings. The molecule has 1 rings (SSSR count). The van der Waals surface area contributed by atoms with Gasteiger partial charge in [0.1, 0.15) is 0 Å². The Bertz CT molecular complexity index is 294. The summed E-state index contributed by atoms with van der Waals surface area (Å²) >= 11 is 5.71. The van der Waals surface area contributed by atoms with Gasteiger partial charge in [0.25, 0.3) is 0 Å². The lowest BCUT2D eigenvalue weighted by Gasteiger charge is -2.07. The van der Waals surface area contributed by atoms with Crippen LogP contribution >= 0.6 is 11.6 Å². The molecule has 0 saturated heterocycles. The fraction of sp³-hybridized carbons (Fsp3) is 0.625. The Morgan fingerprint density at radius 2 is 1.61 bits per heavy atom. The molecule has 0 saturated carbocycles. The van der Waals surface area contributed by atoms with E-state index >= 15 is 0 Å². The van der Waals surface area contributed by atoms with Crippen LogP contribution in [0.5, 0.6) is 0 Å². The van der Waals surface area contributed by atoms with Crippen LogP contribution in [-0.4, -0.2) is 12.4 Å². The summed E-state index contributed by atoms with van der Waals surface area (Å²) in [7, 11) is 0. The predicted molar refractivity (Wildman–Crippen MR) is 82.7 cm³/mol. The number of unbranched alkanes of at least 4 members (excludes halogenated alkanes) is 5. The zero-order valence-electron chi connectivity index (χ0n) is 11.6. The van der Waals surface area contributed by atoms with E-state index < -0.39 is 0 Å². The molecular formula is C16H26ClN. The second-order valence-corrected chi connectivity index (χ2v) is 5.21. The normalized spacial score (nSPS) is 10.6. The molecule has 2 heteroatoms. The van der Waals surface area contributed by atoms with Crippen LogP contribution in [0.15, 0.2) is 24.3 Å². The monoisotopic (exact) mass is 267 g/mol. The molecule has 0 fully saturated rings. The fourth-order valence-corrected chi connectivity index (χ4v) is 2.25. The number of halogens is 1. The van der Waals surface area contributed by atoms with E-state index in [1.54, 1.807) is 0 Å². The first-order valence-corrected chi connectivity index (χ1v) is 7.79. The zero-order valence-corrected chi connectivity index (χ0v) is 12.3. The second-order valence-electron chi connectivity index (χ2n) is 4.83. The molecule has 0 atom stereocenters. The van der Waals surface area contributed by atoms with Gasteiger partial charge in [0.05, 0.1) is 0 Å². The molecule has 1 nitrogen and oxygen atoms in total. The number of anilines is 1. The summed E-state index contributed by atoms with van der Waals surface area (Å²) in [6.45, 7) is 3.34. The highest BCUT2D eigenvalue weighted by Gasteiger charge is 1.94. The smallest absolute Gasteiger partial charge is 0.0340 e. The summed E-state index contributed by atoms with van der Waals surface area (Å²) in [5, 5.41) is 3.47. The summed E-state index contributed by atoms with van der Waals surface area (Å²) < 4.78 is 0. The van der Waals surface area contributed by atoms with Crippen molar-refractivity contribution in [1.29, 1.82) is 0 Å². The van der Waals surface area contributed by atoms with E-state index in [9.17, 15) is 0 Å². The molecule has 0 radical (unpaired) electrons. The van der Waals surface area contributed by atoms with E-state index in [-0.39, 0.29) is 0 Å². The molecule has 0 aliphatic heterocycles. The third-order valence-electron chi connectivity index (χ3n) is 3.20. The van der Waals surface area contributed by atoms with Gasteiger partial charge in [-0.25, -0.2) is 0 Å². The SMILES string of the molecule is CCCCCCCCNc1ccc(CCCl)cc1. The van der Waals surface area contributed by atoms with Crippen LogP contribution in [0.2, 0.25) is 0 Å². The number of alkyl halides is 1. The maximum absolute atomic E-state index is 5.71. The van der Waals surface area contributed by atoms with Crippen LogP contribution in [0.4, 0.5) is 5.69 Å². The molecule has 0 spiro atoms. The molecule has 1 N–H and O–H groups in total. The minimum absolute atomic E-state index is 0.699. The van der Waals surface area contributed by atoms with E-state index in [1.807, 2.05) is 0 Å². The van der Waals surface area contributed by atoms with Gasteiger partial charge in [0.15, 0.2) is 0 Å². The Morgan fingerprint density at radius 3 is 2.28 bits per heavy atom. The van der Waals surface area contributed by atoms with Crippen molar-refractivity contribution in [3.8, 4) is 0 Å². The van der Waals surface area contributed by atoms with E-state index in [2.05, 4.69) is 36.5 Å². The van der Waals surface area contributed by atoms with Gasteiger partial charge in [0, 0.05) is 18.1 Å². The fourth-order valence-electron chi connectivity index (χ4n) is 2.04. The quantitative estimate of drug-likeness (QED) is 0.451. The van der Waals surface area contributed by atoms with Crippen molar-refractivity contribution in [2.75, 3.05) is 17.7 Å². The van der Waals surface area contributed by atoms with Gasteiger partial charge in [-0.05, 0) is 30.5 Å². The Balaban J connectivity index is 2.08. The van der Waals surface area contributed by atoms with Crippen molar-refractivity contribution in [1.82, 2.24) is 0 Å². The minimum Gasteiger partial charge on any atom is -0.385 e. The summed E-state index contributed by atoms with van der Waals surface area (Å²) in [5.74, 6) is 0.699. The van der Waals surface area contributed by atoms with E-state index in [1.165, 1.54) is 49.8 Å². The van der Waals surface area contributed by atoms with Crippen molar-refractivity contribution in [2.24, 2.45) is 0 Å². The topological polar surface area (TPSA) is 12.0 Å². The number of nitrogens with one attached hydrogen (secondary N) is 1. The molecule has 0 aromatic heterocycles. The molecule has 0 amide bonds. The first-order chi connectivity index (χ1) is 8.86. The van der Waals surface area contributed by atoms with Crippen molar-refractivity contribution < 1.29 is 0 Å². The van der Waals surface area contributed by atoms with E-state index in [0.29, 0.717) is 5.88 Å². The largest absolute Gasteiger partial charge is 0.385 e. The number of hydrogen-bond acceptors (Lipinski definition) is 1. The third-order valence-corrected chi connectivity index (χ3v) is 3.39. The first-order valence-electron chi connectivity index (χ1n) is 7.25. The standard InChI is InChI=1S/C16H26ClN/c1-2-3-4-5-6-7-14-18-16-10-8-15(9-11-16)12-13-17/h8-11,18H,2-7,12-14H2,1H3. The third kappa shape index (κ3) is 6.90. The highest BCUT2D eigenvalue weighted by molar-refractivity contribution is 6.17. The Hall–Kier alpha value is -0.690. The lowest BCUT2D eigenvalue weighted by molar-refractivity contribution is 0.617. The molecule has 0 heterocycles. The highest BCUT2D eigenvalue weighted by atomic mass is 35.5. The van der Waals surface area contributed by atoms with E-state index in [4.69, 9.17) is 11.6 Å². The van der Waals surface area contributed by atoms with Gasteiger partial charge >= 0.3 is 0 Å². The summed E-state index contributed by atoms with van der Waals surface area (Å²) in [4.78, 5) is 0. The van der Waals surface area contributed by atoms with Gasteiger partial charge in [-0.2, -0.15) is 0 Å². The minimum atomic E-state index is 0.699. The van der Waals surface area contributed by atoms with Gasteiger partial charge in [-0.3, -0.25) is 0 Å². The van der Waals surface area contributed by atoms with Crippen molar-refractivity contribution in [3.63, 3.8) is 0 Å². The average molecular weight is 268 g/mol. The van der Waals surface area contributed by atoms with Crippen LogP contribution in [0, 0.1) is 0 Å². The number of benzene rings is 1. The average Bonchev–Trinajstić information content (AvgIpc) is 2.40. The molecule has 1 aromatic carbocycles. The maximum atomic E-state index is 5.71. The lowest BCUT2D eigenvalue weighted by Crippen LogP contribution is -2.01.